The fraction of sp³-hybridized carbons (Fsp3) is 1.00. The predicted molar refractivity (Wildman–Crippen MR) is 64.5 cm³/mol. The lowest BCUT2D eigenvalue weighted by molar-refractivity contribution is -0.0338. The maximum absolute atomic E-state index is 6.06. The van der Waals surface area contributed by atoms with Crippen LogP contribution in [0.1, 0.15) is 39.5 Å². The predicted octanol–water partition coefficient (Wildman–Crippen LogP) is 3.14. The van der Waals surface area contributed by atoms with Crippen molar-refractivity contribution in [1.82, 2.24) is 0 Å². The average Bonchev–Trinajstić information content (AvgIpc) is 2.75. The Morgan fingerprint density at radius 2 is 2.13 bits per heavy atom. The first-order valence-corrected chi connectivity index (χ1v) is 6.99. The molecule has 2 unspecified atom stereocenters. The van der Waals surface area contributed by atoms with Crippen molar-refractivity contribution in [2.45, 2.75) is 51.2 Å². The molecule has 2 aliphatic rings. The van der Waals surface area contributed by atoms with Crippen molar-refractivity contribution in [3.8, 4) is 0 Å². The lowest BCUT2D eigenvalue weighted by Gasteiger charge is -2.29. The van der Waals surface area contributed by atoms with E-state index < -0.39 is 0 Å². The SMILES string of the molecule is CC1(C)CCC(CC2(CBr)CCOC2)O1. The van der Waals surface area contributed by atoms with Gasteiger partial charge >= 0.3 is 0 Å². The van der Waals surface area contributed by atoms with E-state index >= 15 is 0 Å². The molecule has 0 aliphatic carbocycles. The van der Waals surface area contributed by atoms with Crippen molar-refractivity contribution in [3.05, 3.63) is 0 Å². The van der Waals surface area contributed by atoms with E-state index in [4.69, 9.17) is 9.47 Å². The monoisotopic (exact) mass is 276 g/mol. The molecule has 0 aromatic carbocycles. The summed E-state index contributed by atoms with van der Waals surface area (Å²) in [7, 11) is 0. The molecule has 2 atom stereocenters. The Hall–Kier alpha value is 0.400. The van der Waals surface area contributed by atoms with Gasteiger partial charge in [-0.3, -0.25) is 0 Å². The first kappa shape index (κ1) is 11.9. The van der Waals surface area contributed by atoms with Crippen LogP contribution >= 0.6 is 15.9 Å². The molecule has 2 aliphatic heterocycles. The van der Waals surface area contributed by atoms with Crippen molar-refractivity contribution in [3.63, 3.8) is 0 Å². The van der Waals surface area contributed by atoms with Crippen molar-refractivity contribution < 1.29 is 9.47 Å². The third-order valence-corrected chi connectivity index (χ3v) is 4.87. The summed E-state index contributed by atoms with van der Waals surface area (Å²) in [6.07, 6.45) is 5.18. The standard InChI is InChI=1S/C12H21BrO2/c1-11(2)4-3-10(15-11)7-12(8-13)5-6-14-9-12/h10H,3-9H2,1-2H3. The molecule has 0 bridgehead atoms. The summed E-state index contributed by atoms with van der Waals surface area (Å²) in [5.74, 6) is 0. The van der Waals surface area contributed by atoms with E-state index in [0.29, 0.717) is 11.5 Å². The van der Waals surface area contributed by atoms with Crippen LogP contribution in [0.5, 0.6) is 0 Å². The third-order valence-electron chi connectivity index (χ3n) is 3.68. The van der Waals surface area contributed by atoms with E-state index in [9.17, 15) is 0 Å². The Bertz CT molecular complexity index is 222. The maximum atomic E-state index is 6.06. The minimum absolute atomic E-state index is 0.0949. The number of ether oxygens (including phenoxy) is 2. The lowest BCUT2D eigenvalue weighted by Crippen LogP contribution is -2.30. The number of rotatable bonds is 3. The van der Waals surface area contributed by atoms with Crippen LogP contribution < -0.4 is 0 Å². The lowest BCUT2D eigenvalue weighted by atomic mass is 9.83. The fourth-order valence-corrected chi connectivity index (χ4v) is 3.35. The zero-order valence-corrected chi connectivity index (χ0v) is 11.3. The second kappa shape index (κ2) is 4.34. The van der Waals surface area contributed by atoms with Crippen molar-refractivity contribution >= 4 is 15.9 Å². The van der Waals surface area contributed by atoms with E-state index in [1.165, 1.54) is 19.3 Å². The summed E-state index contributed by atoms with van der Waals surface area (Å²) >= 11 is 3.63. The Morgan fingerprint density at radius 3 is 2.60 bits per heavy atom. The first-order chi connectivity index (χ1) is 7.05. The van der Waals surface area contributed by atoms with E-state index in [1.54, 1.807) is 0 Å². The zero-order valence-electron chi connectivity index (χ0n) is 9.72. The van der Waals surface area contributed by atoms with Crippen LogP contribution in [0, 0.1) is 5.41 Å². The molecule has 3 heteroatoms. The summed E-state index contributed by atoms with van der Waals surface area (Å²) in [6.45, 7) is 6.21. The Morgan fingerprint density at radius 1 is 1.33 bits per heavy atom. The van der Waals surface area contributed by atoms with Gasteiger partial charge < -0.3 is 9.47 Å². The van der Waals surface area contributed by atoms with Crippen LogP contribution in [-0.4, -0.2) is 30.2 Å². The molecular weight excluding hydrogens is 256 g/mol. The van der Waals surface area contributed by atoms with Gasteiger partial charge in [0.15, 0.2) is 0 Å². The average molecular weight is 277 g/mol. The van der Waals surface area contributed by atoms with Gasteiger partial charge in [-0.25, -0.2) is 0 Å². The number of alkyl halides is 1. The highest BCUT2D eigenvalue weighted by atomic mass is 79.9. The quantitative estimate of drug-likeness (QED) is 0.738. The molecule has 2 saturated heterocycles. The van der Waals surface area contributed by atoms with Gasteiger partial charge in [-0.1, -0.05) is 15.9 Å². The largest absolute Gasteiger partial charge is 0.381 e. The van der Waals surface area contributed by atoms with E-state index in [-0.39, 0.29) is 5.60 Å². The van der Waals surface area contributed by atoms with Crippen molar-refractivity contribution in [1.29, 1.82) is 0 Å². The van der Waals surface area contributed by atoms with Crippen LogP contribution in [0.15, 0.2) is 0 Å². The number of hydrogen-bond acceptors (Lipinski definition) is 2. The highest BCUT2D eigenvalue weighted by Crippen LogP contribution is 2.41. The van der Waals surface area contributed by atoms with Crippen LogP contribution in [0.2, 0.25) is 0 Å². The second-order valence-electron chi connectivity index (χ2n) is 5.68. The Kier molecular flexibility index (Phi) is 3.44. The van der Waals surface area contributed by atoms with Gasteiger partial charge in [0.2, 0.25) is 0 Å². The third kappa shape index (κ3) is 2.75. The highest BCUT2D eigenvalue weighted by Gasteiger charge is 2.40. The molecule has 2 fully saturated rings. The normalized spacial score (nSPS) is 39.8. The molecule has 2 nitrogen and oxygen atoms in total. The smallest absolute Gasteiger partial charge is 0.0631 e. The van der Waals surface area contributed by atoms with Gasteiger partial charge in [-0.2, -0.15) is 0 Å². The van der Waals surface area contributed by atoms with Crippen LogP contribution in [-0.2, 0) is 9.47 Å². The number of halogens is 1. The summed E-state index contributed by atoms with van der Waals surface area (Å²) in [5.41, 5.74) is 0.433. The van der Waals surface area contributed by atoms with Crippen molar-refractivity contribution in [2.75, 3.05) is 18.5 Å². The van der Waals surface area contributed by atoms with E-state index in [1.807, 2.05) is 0 Å². The van der Waals surface area contributed by atoms with E-state index in [0.717, 1.165) is 25.0 Å². The topological polar surface area (TPSA) is 18.5 Å². The van der Waals surface area contributed by atoms with Crippen LogP contribution in [0.3, 0.4) is 0 Å². The molecule has 2 heterocycles. The molecule has 0 radical (unpaired) electrons. The van der Waals surface area contributed by atoms with Gasteiger partial charge in [-0.05, 0) is 39.5 Å². The summed E-state index contributed by atoms with van der Waals surface area (Å²) in [5, 5.41) is 1.04. The molecule has 0 aromatic heterocycles. The van der Waals surface area contributed by atoms with Gasteiger partial charge in [-0.15, -0.1) is 0 Å². The van der Waals surface area contributed by atoms with Crippen LogP contribution in [0.25, 0.3) is 0 Å². The molecule has 0 saturated carbocycles. The minimum atomic E-state index is 0.0949. The Balaban J connectivity index is 1.91. The van der Waals surface area contributed by atoms with Gasteiger partial charge in [0.1, 0.15) is 0 Å². The van der Waals surface area contributed by atoms with Gasteiger partial charge in [0.25, 0.3) is 0 Å². The summed E-state index contributed by atoms with van der Waals surface area (Å²) in [4.78, 5) is 0. The molecule has 0 amide bonds. The molecule has 2 rings (SSSR count). The molecule has 0 spiro atoms. The molecule has 0 N–H and O–H groups in total. The summed E-state index contributed by atoms with van der Waals surface area (Å²) < 4.78 is 11.6. The Labute approximate surface area is 101 Å². The molecule has 88 valence electrons. The summed E-state index contributed by atoms with van der Waals surface area (Å²) in [6, 6.07) is 0. The van der Waals surface area contributed by atoms with Crippen molar-refractivity contribution in [2.24, 2.45) is 5.41 Å². The number of hydrogen-bond donors (Lipinski definition) is 0. The molecule has 0 aromatic rings. The highest BCUT2D eigenvalue weighted by molar-refractivity contribution is 9.09. The molecule has 15 heavy (non-hydrogen) atoms. The van der Waals surface area contributed by atoms with Gasteiger partial charge in [0.05, 0.1) is 18.3 Å². The molecular formula is C12H21BrO2. The maximum Gasteiger partial charge on any atom is 0.0631 e. The first-order valence-electron chi connectivity index (χ1n) is 5.87. The van der Waals surface area contributed by atoms with Gasteiger partial charge in [0, 0.05) is 17.4 Å². The second-order valence-corrected chi connectivity index (χ2v) is 6.24. The fourth-order valence-electron chi connectivity index (χ4n) is 2.67. The van der Waals surface area contributed by atoms with Crippen LogP contribution in [0.4, 0.5) is 0 Å². The van der Waals surface area contributed by atoms with E-state index in [2.05, 4.69) is 29.8 Å². The minimum Gasteiger partial charge on any atom is -0.381 e. The zero-order chi connectivity index (χ0) is 10.9.